The lowest BCUT2D eigenvalue weighted by atomic mass is 9.79. The Balaban J connectivity index is 1.15. The summed E-state index contributed by atoms with van der Waals surface area (Å²) in [6, 6.07) is 49.9. The SMILES string of the molecule is CC1(C)C2=CC(N(C3=CC=CC(c4cccc5c4-c4ccccc4C5(C)C)C3)c3ccc4ccccc4c3-c3ccccc3)CC=C2c2ccccc21. The van der Waals surface area contributed by atoms with Crippen molar-refractivity contribution >= 4 is 22.0 Å². The van der Waals surface area contributed by atoms with E-state index in [1.807, 2.05) is 0 Å². The first-order valence-corrected chi connectivity index (χ1v) is 19.3. The minimum Gasteiger partial charge on any atom is -0.337 e. The lowest BCUT2D eigenvalue weighted by Crippen LogP contribution is -2.36. The molecular weight excluding hydrogens is 639 g/mol. The van der Waals surface area contributed by atoms with Crippen LogP contribution in [-0.2, 0) is 10.8 Å². The number of allylic oxidation sites excluding steroid dienone is 6. The van der Waals surface area contributed by atoms with Crippen LogP contribution in [0.15, 0.2) is 175 Å². The van der Waals surface area contributed by atoms with E-state index in [2.05, 4.69) is 196 Å². The molecule has 4 aliphatic rings. The third kappa shape index (κ3) is 4.83. The van der Waals surface area contributed by atoms with Gasteiger partial charge in [0, 0.05) is 33.7 Å². The zero-order valence-electron chi connectivity index (χ0n) is 31.1. The zero-order chi connectivity index (χ0) is 35.9. The second-order valence-electron chi connectivity index (χ2n) is 16.4. The lowest BCUT2D eigenvalue weighted by Gasteiger charge is -2.40. The molecule has 1 nitrogen and oxygen atoms in total. The molecule has 0 amide bonds. The molecule has 53 heavy (non-hydrogen) atoms. The molecule has 2 atom stereocenters. The summed E-state index contributed by atoms with van der Waals surface area (Å²) in [7, 11) is 0. The Morgan fingerprint density at radius 1 is 0.604 bits per heavy atom. The molecular formula is C52H45N. The largest absolute Gasteiger partial charge is 0.337 e. The van der Waals surface area contributed by atoms with Gasteiger partial charge in [0.1, 0.15) is 0 Å². The maximum Gasteiger partial charge on any atom is 0.0560 e. The minimum absolute atomic E-state index is 0.0231. The number of nitrogens with zero attached hydrogens (tertiary/aromatic N) is 1. The second-order valence-corrected chi connectivity index (χ2v) is 16.4. The Kier molecular flexibility index (Phi) is 7.21. The molecule has 10 rings (SSSR count). The molecule has 0 fully saturated rings. The maximum atomic E-state index is 2.71. The highest BCUT2D eigenvalue weighted by atomic mass is 15.2. The van der Waals surface area contributed by atoms with Gasteiger partial charge in [0.25, 0.3) is 0 Å². The van der Waals surface area contributed by atoms with Crippen LogP contribution in [0.4, 0.5) is 5.69 Å². The van der Waals surface area contributed by atoms with E-state index in [0.29, 0.717) is 0 Å². The molecule has 0 bridgehead atoms. The number of fused-ring (bicyclic) bond motifs is 7. The molecule has 6 aromatic rings. The third-order valence-electron chi connectivity index (χ3n) is 12.7. The number of hydrogen-bond acceptors (Lipinski definition) is 1. The number of rotatable bonds is 5. The summed E-state index contributed by atoms with van der Waals surface area (Å²) in [5.74, 6) is 0.254. The highest BCUT2D eigenvalue weighted by Crippen LogP contribution is 2.54. The van der Waals surface area contributed by atoms with Gasteiger partial charge in [0.05, 0.1) is 6.04 Å². The molecule has 0 aliphatic heterocycles. The van der Waals surface area contributed by atoms with Crippen LogP contribution in [0.25, 0.3) is 38.6 Å². The van der Waals surface area contributed by atoms with Gasteiger partial charge in [0.15, 0.2) is 0 Å². The Morgan fingerprint density at radius 2 is 1.30 bits per heavy atom. The van der Waals surface area contributed by atoms with Crippen LogP contribution in [0.5, 0.6) is 0 Å². The van der Waals surface area contributed by atoms with Gasteiger partial charge in [-0.3, -0.25) is 0 Å². The van der Waals surface area contributed by atoms with Crippen molar-refractivity contribution < 1.29 is 0 Å². The number of hydrogen-bond donors (Lipinski definition) is 0. The van der Waals surface area contributed by atoms with Crippen LogP contribution in [0.1, 0.15) is 74.3 Å². The quantitative estimate of drug-likeness (QED) is 0.175. The highest BCUT2D eigenvalue weighted by Gasteiger charge is 2.42. The smallest absolute Gasteiger partial charge is 0.0560 e. The standard InChI is InChI=1S/C52H45N/c1-51(2)45-26-13-11-23-43(45)50-40(24-15-27-46(50)51)36-19-14-20-37(32-36)53(38-29-30-42-41-22-10-12-25-44(41)52(3,4)47(42)33-38)48-31-28-34-16-8-9-21-39(34)49(48)35-17-6-5-7-18-35/h5-28,30-31,33,36,38H,29,32H2,1-4H3. The number of anilines is 1. The van der Waals surface area contributed by atoms with E-state index in [9.17, 15) is 0 Å². The van der Waals surface area contributed by atoms with Gasteiger partial charge in [0.2, 0.25) is 0 Å². The molecule has 0 radical (unpaired) electrons. The van der Waals surface area contributed by atoms with Gasteiger partial charge >= 0.3 is 0 Å². The molecule has 0 saturated heterocycles. The lowest BCUT2D eigenvalue weighted by molar-refractivity contribution is 0.635. The molecule has 0 N–H and O–H groups in total. The Labute approximate surface area is 314 Å². The average molecular weight is 684 g/mol. The Hall–Kier alpha value is -5.66. The van der Waals surface area contributed by atoms with Crippen molar-refractivity contribution in [3.63, 3.8) is 0 Å². The van der Waals surface area contributed by atoms with Crippen LogP contribution < -0.4 is 4.90 Å². The van der Waals surface area contributed by atoms with E-state index in [1.54, 1.807) is 0 Å². The normalized spacial score (nSPS) is 20.1. The first kappa shape index (κ1) is 32.0. The minimum atomic E-state index is -0.0629. The first-order valence-electron chi connectivity index (χ1n) is 19.3. The van der Waals surface area contributed by atoms with E-state index in [0.717, 1.165) is 12.8 Å². The van der Waals surface area contributed by atoms with E-state index in [4.69, 9.17) is 0 Å². The summed E-state index contributed by atoms with van der Waals surface area (Å²) < 4.78 is 0. The van der Waals surface area contributed by atoms with Crippen LogP contribution in [0.2, 0.25) is 0 Å². The van der Waals surface area contributed by atoms with Gasteiger partial charge in [-0.15, -0.1) is 0 Å². The van der Waals surface area contributed by atoms with E-state index < -0.39 is 0 Å². The van der Waals surface area contributed by atoms with Gasteiger partial charge in [-0.1, -0.05) is 179 Å². The summed E-state index contributed by atoms with van der Waals surface area (Å²) in [5, 5.41) is 2.56. The van der Waals surface area contributed by atoms with Gasteiger partial charge in [-0.2, -0.15) is 0 Å². The van der Waals surface area contributed by atoms with E-state index >= 15 is 0 Å². The summed E-state index contributed by atoms with van der Waals surface area (Å²) in [4.78, 5) is 2.71. The number of benzene rings is 6. The zero-order valence-corrected chi connectivity index (χ0v) is 31.1. The van der Waals surface area contributed by atoms with Crippen molar-refractivity contribution in [3.05, 3.63) is 203 Å². The first-order chi connectivity index (χ1) is 25.8. The molecule has 4 aliphatic carbocycles. The summed E-state index contributed by atoms with van der Waals surface area (Å²) >= 11 is 0. The highest BCUT2D eigenvalue weighted by molar-refractivity contribution is 6.04. The van der Waals surface area contributed by atoms with Crippen LogP contribution in [0, 0.1) is 0 Å². The van der Waals surface area contributed by atoms with Gasteiger partial charge < -0.3 is 4.90 Å². The van der Waals surface area contributed by atoms with Crippen molar-refractivity contribution in [2.24, 2.45) is 0 Å². The average Bonchev–Trinajstić information content (AvgIpc) is 3.58. The Bertz CT molecular complexity index is 2570. The maximum absolute atomic E-state index is 2.71. The summed E-state index contributed by atoms with van der Waals surface area (Å²) in [6.45, 7) is 9.59. The predicted molar refractivity (Wildman–Crippen MR) is 224 cm³/mol. The fraction of sp³-hybridized carbons (Fsp3) is 0.192. The van der Waals surface area contributed by atoms with E-state index in [-0.39, 0.29) is 22.8 Å². The molecule has 0 saturated carbocycles. The van der Waals surface area contributed by atoms with Crippen LogP contribution >= 0.6 is 0 Å². The second kappa shape index (κ2) is 11.9. The molecule has 1 heteroatoms. The third-order valence-corrected chi connectivity index (χ3v) is 12.7. The van der Waals surface area contributed by atoms with Crippen molar-refractivity contribution in [2.75, 3.05) is 4.90 Å². The predicted octanol–water partition coefficient (Wildman–Crippen LogP) is 13.3. The molecule has 0 spiro atoms. The van der Waals surface area contributed by atoms with Gasteiger partial charge in [-0.05, 0) is 91.4 Å². The molecule has 2 unspecified atom stereocenters. The summed E-state index contributed by atoms with van der Waals surface area (Å²) in [6.07, 6.45) is 14.2. The van der Waals surface area contributed by atoms with Crippen molar-refractivity contribution in [1.29, 1.82) is 0 Å². The van der Waals surface area contributed by atoms with E-state index in [1.165, 1.54) is 83.4 Å². The fourth-order valence-corrected chi connectivity index (χ4v) is 10.1. The fourth-order valence-electron chi connectivity index (χ4n) is 10.1. The van der Waals surface area contributed by atoms with Gasteiger partial charge in [-0.25, -0.2) is 0 Å². The van der Waals surface area contributed by atoms with Crippen LogP contribution in [0.3, 0.4) is 0 Å². The Morgan fingerprint density at radius 3 is 2.13 bits per heavy atom. The molecule has 0 heterocycles. The molecule has 0 aromatic heterocycles. The molecule has 258 valence electrons. The molecule has 6 aromatic carbocycles. The van der Waals surface area contributed by atoms with Crippen molar-refractivity contribution in [2.45, 2.75) is 63.3 Å². The van der Waals surface area contributed by atoms with Crippen molar-refractivity contribution in [1.82, 2.24) is 0 Å². The summed E-state index contributed by atoms with van der Waals surface area (Å²) in [5.41, 5.74) is 17.9. The monoisotopic (exact) mass is 683 g/mol. The van der Waals surface area contributed by atoms with Crippen LogP contribution in [-0.4, -0.2) is 6.04 Å². The topological polar surface area (TPSA) is 3.24 Å². The van der Waals surface area contributed by atoms with Crippen molar-refractivity contribution in [3.8, 4) is 22.3 Å².